The molecule has 206 valence electrons. The number of esters is 1. The molecule has 0 N–H and O–H groups in total. The fraction of sp³-hybridized carbons (Fsp3) is 0.538. The molecule has 2 aliphatic carbocycles. The van der Waals surface area contributed by atoms with E-state index in [4.69, 9.17) is 32.7 Å². The van der Waals surface area contributed by atoms with Crippen LogP contribution < -0.4 is 14.2 Å². The van der Waals surface area contributed by atoms with Crippen molar-refractivity contribution in [3.8, 4) is 11.5 Å². The molecule has 0 radical (unpaired) electrons. The van der Waals surface area contributed by atoms with Gasteiger partial charge in [-0.15, -0.1) is 11.8 Å². The smallest absolute Gasteiger partial charge is 0.387 e. The summed E-state index contributed by atoms with van der Waals surface area (Å²) in [6, 6.07) is 4.50. The largest absolute Gasteiger partial charge is 0.619 e. The molecule has 1 saturated heterocycles. The Labute approximate surface area is 233 Å². The molecule has 2 unspecified atom stereocenters. The van der Waals surface area contributed by atoms with Crippen molar-refractivity contribution >= 4 is 40.9 Å². The number of thioether (sulfide) groups is 1. The van der Waals surface area contributed by atoms with Crippen LogP contribution in [0.25, 0.3) is 0 Å². The first-order valence-corrected chi connectivity index (χ1v) is 14.4. The van der Waals surface area contributed by atoms with Crippen LogP contribution in [0.4, 0.5) is 8.78 Å². The van der Waals surface area contributed by atoms with E-state index in [2.05, 4.69) is 9.64 Å². The summed E-state index contributed by atoms with van der Waals surface area (Å²) in [5, 5.41) is 11.6. The number of benzene rings is 1. The molecular formula is C26H28Cl2F2N2O5S. The lowest BCUT2D eigenvalue weighted by Crippen LogP contribution is -2.38. The van der Waals surface area contributed by atoms with Crippen molar-refractivity contribution in [2.45, 2.75) is 50.2 Å². The summed E-state index contributed by atoms with van der Waals surface area (Å²) >= 11 is 14.2. The van der Waals surface area contributed by atoms with E-state index >= 15 is 0 Å². The van der Waals surface area contributed by atoms with Crippen molar-refractivity contribution in [2.24, 2.45) is 11.8 Å². The minimum atomic E-state index is -3.02. The van der Waals surface area contributed by atoms with Crippen LogP contribution >= 0.6 is 35.0 Å². The van der Waals surface area contributed by atoms with Gasteiger partial charge in [-0.05, 0) is 55.2 Å². The number of pyridine rings is 1. The maximum absolute atomic E-state index is 13.4. The average Bonchev–Trinajstić information content (AvgIpc) is 3.79. The van der Waals surface area contributed by atoms with Crippen LogP contribution in [0, 0.1) is 17.0 Å². The summed E-state index contributed by atoms with van der Waals surface area (Å²) in [4.78, 5) is 15.6. The van der Waals surface area contributed by atoms with Crippen molar-refractivity contribution in [1.82, 2.24) is 4.90 Å². The fourth-order valence-corrected chi connectivity index (χ4v) is 6.16. The molecule has 12 heteroatoms. The fourth-order valence-electron chi connectivity index (χ4n) is 4.40. The first kappa shape index (κ1) is 27.6. The number of hydrogen-bond donors (Lipinski definition) is 0. The van der Waals surface area contributed by atoms with Crippen molar-refractivity contribution in [3.05, 3.63) is 57.0 Å². The van der Waals surface area contributed by atoms with Gasteiger partial charge in [-0.1, -0.05) is 29.3 Å². The molecule has 1 aromatic heterocycles. The highest BCUT2D eigenvalue weighted by atomic mass is 35.5. The monoisotopic (exact) mass is 588 g/mol. The third-order valence-electron chi connectivity index (χ3n) is 6.81. The van der Waals surface area contributed by atoms with Crippen molar-refractivity contribution in [2.75, 3.05) is 25.4 Å². The van der Waals surface area contributed by atoms with Gasteiger partial charge in [-0.3, -0.25) is 4.90 Å². The van der Waals surface area contributed by atoms with Gasteiger partial charge >= 0.3 is 12.6 Å². The molecular weight excluding hydrogens is 561 g/mol. The highest BCUT2D eigenvalue weighted by molar-refractivity contribution is 8.00. The summed E-state index contributed by atoms with van der Waals surface area (Å²) in [5.41, 5.74) is 0.939. The lowest BCUT2D eigenvalue weighted by Gasteiger charge is -2.26. The lowest BCUT2D eigenvalue weighted by atomic mass is 10.0. The summed E-state index contributed by atoms with van der Waals surface area (Å²) in [7, 11) is 0. The third-order valence-corrected chi connectivity index (χ3v) is 8.69. The molecule has 1 aliphatic heterocycles. The number of alkyl halides is 2. The summed E-state index contributed by atoms with van der Waals surface area (Å²) in [6.07, 6.45) is 5.94. The van der Waals surface area contributed by atoms with E-state index in [1.165, 1.54) is 43.1 Å². The van der Waals surface area contributed by atoms with Gasteiger partial charge in [0.25, 0.3) is 0 Å². The quantitative estimate of drug-likeness (QED) is 0.181. The Hall–Kier alpha value is -2.01. The number of aromatic nitrogens is 1. The second-order valence-corrected chi connectivity index (χ2v) is 11.9. The van der Waals surface area contributed by atoms with Crippen LogP contribution in [0.1, 0.15) is 42.9 Å². The van der Waals surface area contributed by atoms with Crippen LogP contribution in [0.15, 0.2) is 30.6 Å². The number of carbonyl (C=O) groups excluding carboxylic acids is 1. The van der Waals surface area contributed by atoms with Gasteiger partial charge in [0.2, 0.25) is 0 Å². The molecule has 0 bridgehead atoms. The highest BCUT2D eigenvalue weighted by Gasteiger charge is 2.38. The van der Waals surface area contributed by atoms with E-state index < -0.39 is 24.1 Å². The molecule has 3 fully saturated rings. The molecule has 2 saturated carbocycles. The van der Waals surface area contributed by atoms with Crippen LogP contribution in [0.3, 0.4) is 0 Å². The second-order valence-electron chi connectivity index (χ2n) is 9.92. The van der Waals surface area contributed by atoms with E-state index in [0.29, 0.717) is 34.3 Å². The molecule has 2 atom stereocenters. The van der Waals surface area contributed by atoms with Gasteiger partial charge in [-0.2, -0.15) is 13.5 Å². The summed E-state index contributed by atoms with van der Waals surface area (Å²) in [5.74, 6) is 1.48. The highest BCUT2D eigenvalue weighted by Crippen LogP contribution is 2.39. The number of halogens is 4. The van der Waals surface area contributed by atoms with Gasteiger partial charge in [0.15, 0.2) is 29.3 Å². The molecule has 38 heavy (non-hydrogen) atoms. The predicted octanol–water partition coefficient (Wildman–Crippen LogP) is 5.63. The van der Waals surface area contributed by atoms with E-state index in [0.717, 1.165) is 31.7 Å². The number of ether oxygens (including phenoxy) is 3. The van der Waals surface area contributed by atoms with E-state index in [1.807, 2.05) is 0 Å². The Morgan fingerprint density at radius 3 is 2.50 bits per heavy atom. The molecule has 3 aliphatic rings. The number of rotatable bonds is 12. The zero-order valence-electron chi connectivity index (χ0n) is 20.5. The maximum Gasteiger partial charge on any atom is 0.387 e. The molecule has 0 amide bonds. The van der Waals surface area contributed by atoms with Crippen molar-refractivity contribution in [1.29, 1.82) is 0 Å². The SMILES string of the molecule is O=C(OC(Cc1c(Cl)c[n+]([O-])cc1Cl)c1ccc(OC(F)F)c(OCC2CC2)c1)C1SCCN1CC1CC1. The number of hydrogen-bond acceptors (Lipinski definition) is 7. The van der Waals surface area contributed by atoms with Crippen LogP contribution in [-0.4, -0.2) is 48.3 Å². The van der Waals surface area contributed by atoms with Crippen LogP contribution in [0.5, 0.6) is 11.5 Å². The van der Waals surface area contributed by atoms with E-state index in [-0.39, 0.29) is 28.0 Å². The van der Waals surface area contributed by atoms with Gasteiger partial charge in [-0.25, -0.2) is 4.79 Å². The summed E-state index contributed by atoms with van der Waals surface area (Å²) < 4.78 is 43.1. The Kier molecular flexibility index (Phi) is 8.72. The Morgan fingerprint density at radius 2 is 1.84 bits per heavy atom. The third kappa shape index (κ3) is 7.14. The molecule has 2 aromatic rings. The molecule has 1 aromatic carbocycles. The van der Waals surface area contributed by atoms with Gasteiger partial charge in [0.1, 0.15) is 16.1 Å². The Bertz CT molecular complexity index is 1150. The predicted molar refractivity (Wildman–Crippen MR) is 140 cm³/mol. The minimum absolute atomic E-state index is 0.0708. The number of nitrogens with zero attached hydrogens (tertiary/aromatic N) is 2. The molecule has 0 spiro atoms. The lowest BCUT2D eigenvalue weighted by molar-refractivity contribution is -0.605. The van der Waals surface area contributed by atoms with Crippen LogP contribution in [0.2, 0.25) is 10.0 Å². The zero-order chi connectivity index (χ0) is 26.8. The molecule has 5 rings (SSSR count). The first-order valence-electron chi connectivity index (χ1n) is 12.6. The van der Waals surface area contributed by atoms with Crippen molar-refractivity contribution < 1.29 is 32.5 Å². The molecule has 2 heterocycles. The molecule has 7 nitrogen and oxygen atoms in total. The Balaban J connectivity index is 1.43. The van der Waals surface area contributed by atoms with E-state index in [9.17, 15) is 18.8 Å². The average molecular weight is 589 g/mol. The topological polar surface area (TPSA) is 74.9 Å². The minimum Gasteiger partial charge on any atom is -0.619 e. The zero-order valence-corrected chi connectivity index (χ0v) is 22.8. The van der Waals surface area contributed by atoms with E-state index in [1.54, 1.807) is 12.1 Å². The summed E-state index contributed by atoms with van der Waals surface area (Å²) in [6.45, 7) is -0.974. The van der Waals surface area contributed by atoms with Crippen LogP contribution in [-0.2, 0) is 16.0 Å². The van der Waals surface area contributed by atoms with Crippen molar-refractivity contribution in [3.63, 3.8) is 0 Å². The second kappa shape index (κ2) is 12.0. The normalized spacial score (nSPS) is 20.5. The maximum atomic E-state index is 13.4. The van der Waals surface area contributed by atoms with Gasteiger partial charge < -0.3 is 19.4 Å². The van der Waals surface area contributed by atoms with Gasteiger partial charge in [0.05, 0.1) is 6.61 Å². The van der Waals surface area contributed by atoms with Gasteiger partial charge in [0, 0.05) is 30.8 Å². The standard InChI is InChI=1S/C26H28Cl2F2N2O5S/c27-19-12-32(34)13-20(28)18(19)10-22(36-25(33)24-31(7-8-38-24)11-15-1-2-15)17-5-6-21(37-26(29)30)23(9-17)35-14-16-3-4-16/h5-6,9,12-13,15-16,22,24,26H,1-4,7-8,10-11,14H2. The number of carbonyl (C=O) groups is 1. The first-order chi connectivity index (χ1) is 18.3. The Morgan fingerprint density at radius 1 is 1.13 bits per heavy atom.